The highest BCUT2D eigenvalue weighted by molar-refractivity contribution is 5.30. The van der Waals surface area contributed by atoms with E-state index in [1.54, 1.807) is 13.3 Å². The Labute approximate surface area is 119 Å². The fourth-order valence-corrected chi connectivity index (χ4v) is 2.01. The van der Waals surface area contributed by atoms with Crippen molar-refractivity contribution in [2.45, 2.75) is 19.6 Å². The molecule has 106 valence electrons. The van der Waals surface area contributed by atoms with Gasteiger partial charge in [-0.2, -0.15) is 0 Å². The number of nitrogens with zero attached hydrogens (tertiary/aromatic N) is 1. The molecule has 0 saturated carbocycles. The van der Waals surface area contributed by atoms with E-state index in [4.69, 9.17) is 4.74 Å². The van der Waals surface area contributed by atoms with Crippen LogP contribution in [0.2, 0.25) is 0 Å². The quantitative estimate of drug-likeness (QED) is 0.846. The molecule has 2 N–H and O–H groups in total. The van der Waals surface area contributed by atoms with Crippen LogP contribution in [-0.4, -0.2) is 23.7 Å². The summed E-state index contributed by atoms with van der Waals surface area (Å²) in [6.45, 7) is 3.24. The van der Waals surface area contributed by atoms with Crippen LogP contribution in [0.3, 0.4) is 0 Å². The van der Waals surface area contributed by atoms with E-state index in [2.05, 4.69) is 10.3 Å². The van der Waals surface area contributed by atoms with Crippen molar-refractivity contribution in [1.82, 2.24) is 10.3 Å². The number of pyridine rings is 1. The fraction of sp³-hybridized carbons (Fsp3) is 0.312. The van der Waals surface area contributed by atoms with Crippen molar-refractivity contribution in [1.29, 1.82) is 0 Å². The number of nitrogens with one attached hydrogen (secondary N) is 1. The Balaban J connectivity index is 1.89. The molecule has 0 aliphatic rings. The van der Waals surface area contributed by atoms with Crippen LogP contribution in [0, 0.1) is 6.92 Å². The van der Waals surface area contributed by atoms with E-state index in [9.17, 15) is 5.11 Å². The van der Waals surface area contributed by atoms with Gasteiger partial charge in [0.2, 0.25) is 0 Å². The maximum Gasteiger partial charge on any atom is 0.119 e. The largest absolute Gasteiger partial charge is 0.497 e. The highest BCUT2D eigenvalue weighted by Crippen LogP contribution is 2.18. The first kappa shape index (κ1) is 14.5. The van der Waals surface area contributed by atoms with Gasteiger partial charge in [0, 0.05) is 25.5 Å². The van der Waals surface area contributed by atoms with E-state index in [1.807, 2.05) is 43.5 Å². The third kappa shape index (κ3) is 3.79. The van der Waals surface area contributed by atoms with Gasteiger partial charge in [-0.25, -0.2) is 0 Å². The number of aryl methyl sites for hydroxylation is 1. The Bertz CT molecular complexity index is 558. The second kappa shape index (κ2) is 7.03. The fourth-order valence-electron chi connectivity index (χ4n) is 2.01. The number of hydrogen-bond acceptors (Lipinski definition) is 4. The molecule has 1 aromatic heterocycles. The number of aliphatic hydroxyl groups is 1. The van der Waals surface area contributed by atoms with Gasteiger partial charge in [0.1, 0.15) is 5.75 Å². The van der Waals surface area contributed by atoms with Crippen LogP contribution in [0.15, 0.2) is 42.7 Å². The smallest absolute Gasteiger partial charge is 0.119 e. The Morgan fingerprint density at radius 3 is 2.95 bits per heavy atom. The average Bonchev–Trinajstić information content (AvgIpc) is 2.49. The summed E-state index contributed by atoms with van der Waals surface area (Å²) in [5, 5.41) is 13.4. The normalized spacial score (nSPS) is 12.2. The molecule has 0 radical (unpaired) electrons. The lowest BCUT2D eigenvalue weighted by atomic mass is 10.1. The first-order valence-corrected chi connectivity index (χ1v) is 6.63. The molecular formula is C16H20N2O2. The first-order chi connectivity index (χ1) is 9.70. The maximum atomic E-state index is 10.2. The molecule has 2 aromatic rings. The van der Waals surface area contributed by atoms with Gasteiger partial charge in [0.25, 0.3) is 0 Å². The van der Waals surface area contributed by atoms with Crippen LogP contribution in [0.25, 0.3) is 0 Å². The molecule has 0 bridgehead atoms. The number of benzene rings is 1. The zero-order valence-electron chi connectivity index (χ0n) is 11.8. The predicted molar refractivity (Wildman–Crippen MR) is 78.6 cm³/mol. The zero-order chi connectivity index (χ0) is 14.4. The van der Waals surface area contributed by atoms with Gasteiger partial charge in [-0.05, 0) is 41.8 Å². The lowest BCUT2D eigenvalue weighted by molar-refractivity contribution is 0.174. The summed E-state index contributed by atoms with van der Waals surface area (Å²) in [5.74, 6) is 0.756. The van der Waals surface area contributed by atoms with Crippen LogP contribution >= 0.6 is 0 Å². The average molecular weight is 272 g/mol. The minimum absolute atomic E-state index is 0.495. The molecule has 1 atom stereocenters. The molecule has 4 heteroatoms. The number of hydrogen-bond donors (Lipinski definition) is 2. The van der Waals surface area contributed by atoms with Gasteiger partial charge < -0.3 is 15.2 Å². The minimum atomic E-state index is -0.549. The zero-order valence-corrected chi connectivity index (χ0v) is 11.8. The standard InChI is InChI=1S/C16H20N2O2/c1-12-9-17-7-6-14(12)10-18-11-16(19)13-4-3-5-15(8-13)20-2/h3-9,16,18-19H,10-11H2,1-2H3. The molecule has 4 nitrogen and oxygen atoms in total. The SMILES string of the molecule is COc1cccc(C(O)CNCc2ccncc2C)c1. The monoisotopic (exact) mass is 272 g/mol. The topological polar surface area (TPSA) is 54.4 Å². The molecule has 1 aromatic carbocycles. The number of methoxy groups -OCH3 is 1. The number of rotatable bonds is 6. The van der Waals surface area contributed by atoms with Gasteiger partial charge in [-0.15, -0.1) is 0 Å². The molecule has 0 fully saturated rings. The second-order valence-corrected chi connectivity index (χ2v) is 4.73. The molecule has 2 rings (SSSR count). The minimum Gasteiger partial charge on any atom is -0.497 e. The van der Waals surface area contributed by atoms with Crippen molar-refractivity contribution in [2.24, 2.45) is 0 Å². The second-order valence-electron chi connectivity index (χ2n) is 4.73. The number of aliphatic hydroxyl groups excluding tert-OH is 1. The van der Waals surface area contributed by atoms with Gasteiger partial charge in [-0.1, -0.05) is 12.1 Å². The van der Waals surface area contributed by atoms with E-state index >= 15 is 0 Å². The molecule has 0 amide bonds. The molecular weight excluding hydrogens is 252 g/mol. The molecule has 0 aliphatic carbocycles. The van der Waals surface area contributed by atoms with Crippen LogP contribution in [-0.2, 0) is 6.54 Å². The Morgan fingerprint density at radius 1 is 1.35 bits per heavy atom. The van der Waals surface area contributed by atoms with Gasteiger partial charge in [-0.3, -0.25) is 4.98 Å². The van der Waals surface area contributed by atoms with E-state index in [-0.39, 0.29) is 0 Å². The van der Waals surface area contributed by atoms with E-state index < -0.39 is 6.10 Å². The van der Waals surface area contributed by atoms with Crippen molar-refractivity contribution in [3.63, 3.8) is 0 Å². The summed E-state index contributed by atoms with van der Waals surface area (Å²) in [6, 6.07) is 9.48. The molecule has 1 heterocycles. The lowest BCUT2D eigenvalue weighted by Gasteiger charge is -2.14. The molecule has 1 unspecified atom stereocenters. The Morgan fingerprint density at radius 2 is 2.20 bits per heavy atom. The molecule has 20 heavy (non-hydrogen) atoms. The first-order valence-electron chi connectivity index (χ1n) is 6.63. The third-order valence-electron chi connectivity index (χ3n) is 3.27. The highest BCUT2D eigenvalue weighted by Gasteiger charge is 2.08. The summed E-state index contributed by atoms with van der Waals surface area (Å²) < 4.78 is 5.16. The van der Waals surface area contributed by atoms with Crippen LogP contribution in [0.4, 0.5) is 0 Å². The third-order valence-corrected chi connectivity index (χ3v) is 3.27. The van der Waals surface area contributed by atoms with Crippen molar-refractivity contribution < 1.29 is 9.84 Å². The summed E-state index contributed by atoms with van der Waals surface area (Å²) >= 11 is 0. The van der Waals surface area contributed by atoms with Crippen molar-refractivity contribution in [3.05, 3.63) is 59.4 Å². The maximum absolute atomic E-state index is 10.2. The van der Waals surface area contributed by atoms with E-state index in [0.29, 0.717) is 6.54 Å². The van der Waals surface area contributed by atoms with Gasteiger partial charge in [0.15, 0.2) is 0 Å². The van der Waals surface area contributed by atoms with Crippen LogP contribution in [0.1, 0.15) is 22.8 Å². The molecule has 0 aliphatic heterocycles. The summed E-state index contributed by atoms with van der Waals surface area (Å²) in [4.78, 5) is 4.06. The Hall–Kier alpha value is -1.91. The lowest BCUT2D eigenvalue weighted by Crippen LogP contribution is -2.21. The summed E-state index contributed by atoms with van der Waals surface area (Å²) in [5.41, 5.74) is 3.19. The molecule has 0 spiro atoms. The van der Waals surface area contributed by atoms with Gasteiger partial charge in [0.05, 0.1) is 13.2 Å². The Kier molecular flexibility index (Phi) is 5.09. The summed E-state index contributed by atoms with van der Waals surface area (Å²) in [6.07, 6.45) is 3.07. The predicted octanol–water partition coefficient (Wildman–Crippen LogP) is 2.22. The van der Waals surface area contributed by atoms with Crippen molar-refractivity contribution >= 4 is 0 Å². The summed E-state index contributed by atoms with van der Waals surface area (Å²) in [7, 11) is 1.62. The van der Waals surface area contributed by atoms with Crippen molar-refractivity contribution in [3.8, 4) is 5.75 Å². The van der Waals surface area contributed by atoms with E-state index in [1.165, 1.54) is 5.56 Å². The van der Waals surface area contributed by atoms with Crippen LogP contribution in [0.5, 0.6) is 5.75 Å². The van der Waals surface area contributed by atoms with Gasteiger partial charge >= 0.3 is 0 Å². The molecule has 0 saturated heterocycles. The number of ether oxygens (including phenoxy) is 1. The van der Waals surface area contributed by atoms with Crippen molar-refractivity contribution in [2.75, 3.05) is 13.7 Å². The number of aromatic nitrogens is 1. The van der Waals surface area contributed by atoms with Crippen LogP contribution < -0.4 is 10.1 Å². The van der Waals surface area contributed by atoms with E-state index in [0.717, 1.165) is 23.4 Å². The highest BCUT2D eigenvalue weighted by atomic mass is 16.5.